The van der Waals surface area contributed by atoms with Gasteiger partial charge in [-0.1, -0.05) is 23.7 Å². The van der Waals surface area contributed by atoms with Crippen LogP contribution in [-0.2, 0) is 6.54 Å². The topological polar surface area (TPSA) is 67.6 Å². The third-order valence-electron chi connectivity index (χ3n) is 3.76. The minimum atomic E-state index is 0.455. The fourth-order valence-electron chi connectivity index (χ4n) is 2.62. The van der Waals surface area contributed by atoms with Crippen LogP contribution in [0.25, 0.3) is 22.7 Å². The van der Waals surface area contributed by atoms with Gasteiger partial charge in [0.05, 0.1) is 28.9 Å². The smallest absolute Gasteiger partial charge is 0.263 e. The summed E-state index contributed by atoms with van der Waals surface area (Å²) in [6.45, 7) is 0.570. The molecule has 0 fully saturated rings. The van der Waals surface area contributed by atoms with Gasteiger partial charge in [0.1, 0.15) is 6.26 Å². The fourth-order valence-corrected chi connectivity index (χ4v) is 2.79. The zero-order valence-corrected chi connectivity index (χ0v) is 13.2. The lowest BCUT2D eigenvalue weighted by molar-refractivity contribution is 0.564. The molecule has 2 aromatic carbocycles. The van der Waals surface area contributed by atoms with Gasteiger partial charge in [-0.25, -0.2) is 9.97 Å². The van der Waals surface area contributed by atoms with Gasteiger partial charge in [0.15, 0.2) is 5.82 Å². The Morgan fingerprint density at radius 3 is 2.71 bits per heavy atom. The number of benzene rings is 2. The maximum atomic E-state index is 8.93. The summed E-state index contributed by atoms with van der Waals surface area (Å²) in [5.41, 5.74) is 3.40. The van der Waals surface area contributed by atoms with Crippen LogP contribution >= 0.6 is 11.6 Å². The quantitative estimate of drug-likeness (QED) is 0.561. The summed E-state index contributed by atoms with van der Waals surface area (Å²) in [5, 5.41) is 9.57. The van der Waals surface area contributed by atoms with Crippen molar-refractivity contribution < 1.29 is 4.42 Å². The summed E-state index contributed by atoms with van der Waals surface area (Å²) >= 11 is 6.15. The van der Waals surface area contributed by atoms with Crippen LogP contribution in [0, 0.1) is 11.3 Å². The minimum Gasteiger partial charge on any atom is -0.442 e. The number of oxazole rings is 1. The molecule has 0 aliphatic heterocycles. The van der Waals surface area contributed by atoms with Crippen LogP contribution in [0.4, 0.5) is 0 Å². The standard InChI is InChI=1S/C18H11ClN4O/c19-14-5-6-15-16(9-14)23(17(22-15)18-21-7-8-24-18)11-13-3-1-12(10-20)2-4-13/h1-9H,11H2. The molecule has 4 rings (SSSR count). The van der Waals surface area contributed by atoms with Crippen molar-refractivity contribution in [3.8, 4) is 17.8 Å². The van der Waals surface area contributed by atoms with E-state index in [0.29, 0.717) is 28.8 Å². The molecule has 0 atom stereocenters. The highest BCUT2D eigenvalue weighted by atomic mass is 35.5. The lowest BCUT2D eigenvalue weighted by Gasteiger charge is -2.08. The van der Waals surface area contributed by atoms with E-state index in [1.165, 1.54) is 6.26 Å². The van der Waals surface area contributed by atoms with Crippen LogP contribution in [0.3, 0.4) is 0 Å². The first-order valence-electron chi connectivity index (χ1n) is 7.29. The monoisotopic (exact) mass is 334 g/mol. The molecule has 0 bridgehead atoms. The zero-order chi connectivity index (χ0) is 16.5. The van der Waals surface area contributed by atoms with Crippen molar-refractivity contribution in [2.24, 2.45) is 0 Å². The number of rotatable bonds is 3. The molecule has 116 valence electrons. The van der Waals surface area contributed by atoms with E-state index in [4.69, 9.17) is 21.3 Å². The van der Waals surface area contributed by atoms with Crippen LogP contribution in [-0.4, -0.2) is 14.5 Å². The Morgan fingerprint density at radius 2 is 2.00 bits per heavy atom. The van der Waals surface area contributed by atoms with E-state index in [1.54, 1.807) is 18.3 Å². The van der Waals surface area contributed by atoms with Crippen molar-refractivity contribution in [2.75, 3.05) is 0 Å². The Morgan fingerprint density at radius 1 is 1.17 bits per heavy atom. The number of halogens is 1. The number of nitriles is 1. The highest BCUT2D eigenvalue weighted by molar-refractivity contribution is 6.31. The highest BCUT2D eigenvalue weighted by Crippen LogP contribution is 2.27. The van der Waals surface area contributed by atoms with Gasteiger partial charge >= 0.3 is 0 Å². The van der Waals surface area contributed by atoms with E-state index in [0.717, 1.165) is 16.6 Å². The first-order chi connectivity index (χ1) is 11.7. The summed E-state index contributed by atoms with van der Waals surface area (Å²) in [6, 6.07) is 15.1. The molecule has 0 unspecified atom stereocenters. The normalized spacial score (nSPS) is 10.8. The third-order valence-corrected chi connectivity index (χ3v) is 3.99. The van der Waals surface area contributed by atoms with Gasteiger partial charge in [0.25, 0.3) is 5.89 Å². The zero-order valence-electron chi connectivity index (χ0n) is 12.5. The summed E-state index contributed by atoms with van der Waals surface area (Å²) in [6.07, 6.45) is 3.11. The third kappa shape index (κ3) is 2.53. The van der Waals surface area contributed by atoms with Crippen molar-refractivity contribution in [1.82, 2.24) is 14.5 Å². The van der Waals surface area contributed by atoms with Gasteiger partial charge in [-0.05, 0) is 35.9 Å². The second kappa shape index (κ2) is 5.84. The van der Waals surface area contributed by atoms with Crippen molar-refractivity contribution in [3.63, 3.8) is 0 Å². The van der Waals surface area contributed by atoms with Crippen molar-refractivity contribution in [3.05, 3.63) is 71.1 Å². The molecule has 0 saturated heterocycles. The van der Waals surface area contributed by atoms with Crippen molar-refractivity contribution in [2.45, 2.75) is 6.54 Å². The van der Waals surface area contributed by atoms with E-state index in [-0.39, 0.29) is 0 Å². The van der Waals surface area contributed by atoms with Crippen molar-refractivity contribution >= 4 is 22.6 Å². The number of nitrogens with zero attached hydrogens (tertiary/aromatic N) is 4. The molecule has 0 spiro atoms. The molecule has 0 N–H and O–H groups in total. The molecule has 0 amide bonds. The molecule has 0 aliphatic rings. The number of aromatic nitrogens is 3. The Kier molecular flexibility index (Phi) is 3.52. The van der Waals surface area contributed by atoms with E-state index >= 15 is 0 Å². The number of fused-ring (bicyclic) bond motifs is 1. The van der Waals surface area contributed by atoms with Gasteiger partial charge in [-0.3, -0.25) is 0 Å². The molecule has 6 heteroatoms. The average Bonchev–Trinajstić information content (AvgIpc) is 3.24. The second-order valence-corrected chi connectivity index (χ2v) is 5.74. The minimum absolute atomic E-state index is 0.455. The summed E-state index contributed by atoms with van der Waals surface area (Å²) in [4.78, 5) is 8.83. The summed E-state index contributed by atoms with van der Waals surface area (Å²) in [7, 11) is 0. The predicted octanol–water partition coefficient (Wildman–Crippen LogP) is 4.26. The Bertz CT molecular complexity index is 1040. The van der Waals surface area contributed by atoms with Crippen LogP contribution in [0.1, 0.15) is 11.1 Å². The molecule has 4 aromatic rings. The van der Waals surface area contributed by atoms with E-state index in [9.17, 15) is 0 Å². The van der Waals surface area contributed by atoms with Gasteiger partial charge in [0, 0.05) is 11.6 Å². The van der Waals surface area contributed by atoms with Crippen LogP contribution in [0.5, 0.6) is 0 Å². The Hall–Kier alpha value is -3.10. The van der Waals surface area contributed by atoms with Gasteiger partial charge < -0.3 is 8.98 Å². The van der Waals surface area contributed by atoms with E-state index in [2.05, 4.69) is 16.0 Å². The number of hydrogen-bond donors (Lipinski definition) is 0. The molecular formula is C18H11ClN4O. The predicted molar refractivity (Wildman–Crippen MR) is 90.5 cm³/mol. The molecule has 2 heterocycles. The lowest BCUT2D eigenvalue weighted by atomic mass is 10.1. The molecule has 24 heavy (non-hydrogen) atoms. The van der Waals surface area contributed by atoms with E-state index in [1.807, 2.05) is 34.9 Å². The van der Waals surface area contributed by atoms with Gasteiger partial charge in [-0.15, -0.1) is 0 Å². The van der Waals surface area contributed by atoms with Crippen LogP contribution < -0.4 is 0 Å². The molecule has 2 aromatic heterocycles. The summed E-state index contributed by atoms with van der Waals surface area (Å²) < 4.78 is 7.43. The van der Waals surface area contributed by atoms with Gasteiger partial charge in [-0.2, -0.15) is 5.26 Å². The maximum absolute atomic E-state index is 8.93. The first kappa shape index (κ1) is 14.5. The molecular weight excluding hydrogens is 324 g/mol. The second-order valence-electron chi connectivity index (χ2n) is 5.30. The Balaban J connectivity index is 1.86. The van der Waals surface area contributed by atoms with E-state index < -0.39 is 0 Å². The number of imidazole rings is 1. The molecule has 0 saturated carbocycles. The first-order valence-corrected chi connectivity index (χ1v) is 7.67. The fraction of sp³-hybridized carbons (Fsp3) is 0.0556. The summed E-state index contributed by atoms with van der Waals surface area (Å²) in [5.74, 6) is 1.09. The van der Waals surface area contributed by atoms with Crippen LogP contribution in [0.2, 0.25) is 5.02 Å². The number of hydrogen-bond acceptors (Lipinski definition) is 4. The Labute approximate surface area is 142 Å². The van der Waals surface area contributed by atoms with Gasteiger partial charge in [0.2, 0.25) is 0 Å². The van der Waals surface area contributed by atoms with Crippen LogP contribution in [0.15, 0.2) is 59.3 Å². The maximum Gasteiger partial charge on any atom is 0.263 e. The highest BCUT2D eigenvalue weighted by Gasteiger charge is 2.16. The molecule has 0 aliphatic carbocycles. The molecule has 5 nitrogen and oxygen atoms in total. The largest absolute Gasteiger partial charge is 0.442 e. The lowest BCUT2D eigenvalue weighted by Crippen LogP contribution is -2.02. The van der Waals surface area contributed by atoms with Crippen molar-refractivity contribution in [1.29, 1.82) is 5.26 Å². The molecule has 0 radical (unpaired) electrons. The average molecular weight is 335 g/mol. The SMILES string of the molecule is N#Cc1ccc(Cn2c(-c3ncco3)nc3ccc(Cl)cc32)cc1.